The monoisotopic (exact) mass is 338 g/mol. The molecule has 124 valence electrons. The van der Waals surface area contributed by atoms with Gasteiger partial charge in [-0.1, -0.05) is 18.2 Å². The van der Waals surface area contributed by atoms with Crippen LogP contribution in [-0.4, -0.2) is 50.5 Å². The largest absolute Gasteiger partial charge is 0.368 e. The Hall–Kier alpha value is -2.42. The van der Waals surface area contributed by atoms with Crippen molar-refractivity contribution in [2.45, 2.75) is 12.5 Å². The number of benzene rings is 1. The average Bonchev–Trinajstić information content (AvgIpc) is 2.92. The average molecular weight is 338 g/mol. The van der Waals surface area contributed by atoms with Crippen LogP contribution in [0.2, 0.25) is 0 Å². The first-order chi connectivity index (χ1) is 10.8. The van der Waals surface area contributed by atoms with Gasteiger partial charge < -0.3 is 11.1 Å². The molecule has 0 bridgehead atoms. The molecule has 0 aliphatic carbocycles. The number of para-hydroxylation sites is 1. The van der Waals surface area contributed by atoms with Crippen LogP contribution in [0.25, 0.3) is 0 Å². The van der Waals surface area contributed by atoms with Gasteiger partial charge in [-0.05, 0) is 12.1 Å². The van der Waals surface area contributed by atoms with Crippen molar-refractivity contribution < 1.29 is 18.0 Å². The minimum atomic E-state index is -3.16. The highest BCUT2D eigenvalue weighted by Crippen LogP contribution is 2.24. The number of rotatable bonds is 6. The summed E-state index contributed by atoms with van der Waals surface area (Å²) in [5.74, 6) is -1.25. The first-order valence-corrected chi connectivity index (χ1v) is 9.01. The van der Waals surface area contributed by atoms with Crippen molar-refractivity contribution in [1.29, 1.82) is 0 Å². The Morgan fingerprint density at radius 3 is 2.57 bits per heavy atom. The third kappa shape index (κ3) is 4.52. The van der Waals surface area contributed by atoms with Crippen molar-refractivity contribution in [2.24, 2.45) is 10.8 Å². The van der Waals surface area contributed by atoms with E-state index in [9.17, 15) is 18.0 Å². The lowest BCUT2D eigenvalue weighted by molar-refractivity contribution is -0.119. The Morgan fingerprint density at radius 1 is 1.35 bits per heavy atom. The summed E-state index contributed by atoms with van der Waals surface area (Å²) < 4.78 is 22.1. The van der Waals surface area contributed by atoms with E-state index < -0.39 is 27.7 Å². The number of anilines is 1. The molecular weight excluding hydrogens is 320 g/mol. The molecule has 0 saturated carbocycles. The third-order valence-electron chi connectivity index (χ3n) is 3.28. The Morgan fingerprint density at radius 2 is 2.00 bits per heavy atom. The summed E-state index contributed by atoms with van der Waals surface area (Å²) in [5.41, 5.74) is 6.17. The smallest absolute Gasteiger partial charge is 0.267 e. The lowest BCUT2D eigenvalue weighted by Gasteiger charge is -2.20. The molecule has 0 aromatic heterocycles. The molecule has 0 unspecified atom stereocenters. The van der Waals surface area contributed by atoms with Crippen molar-refractivity contribution in [3.8, 4) is 0 Å². The summed E-state index contributed by atoms with van der Waals surface area (Å²) in [4.78, 5) is 23.7. The molecule has 0 spiro atoms. The molecule has 0 saturated heterocycles. The zero-order valence-electron chi connectivity index (χ0n) is 12.6. The molecule has 1 atom stereocenters. The highest BCUT2D eigenvalue weighted by atomic mass is 32.2. The number of nitrogens with zero attached hydrogens (tertiary/aromatic N) is 2. The molecule has 23 heavy (non-hydrogen) atoms. The van der Waals surface area contributed by atoms with Gasteiger partial charge >= 0.3 is 0 Å². The second kappa shape index (κ2) is 6.78. The van der Waals surface area contributed by atoms with Crippen molar-refractivity contribution in [1.82, 2.24) is 5.32 Å². The quantitative estimate of drug-likeness (QED) is 0.708. The minimum absolute atomic E-state index is 0.0107. The Bertz CT molecular complexity index is 730. The third-order valence-corrected chi connectivity index (χ3v) is 4.23. The predicted molar refractivity (Wildman–Crippen MR) is 86.7 cm³/mol. The second-order valence-corrected chi connectivity index (χ2v) is 7.49. The summed E-state index contributed by atoms with van der Waals surface area (Å²) in [5, 5.41) is 8.06. The van der Waals surface area contributed by atoms with Crippen LogP contribution < -0.4 is 16.1 Å². The standard InChI is InChI=1S/C14H18N4O4S/c1-23(21,22)8-7-16-14(20)11-9-12(13(15)19)18(17-11)10-5-3-2-4-6-10/h2-6,12H,7-9H2,1H3,(H2,15,19)(H,16,20)/t12-/m1/s1. The van der Waals surface area contributed by atoms with Crippen LogP contribution in [0.5, 0.6) is 0 Å². The number of primary amides is 1. The fourth-order valence-corrected chi connectivity index (χ4v) is 2.61. The van der Waals surface area contributed by atoms with Crippen molar-refractivity contribution >= 4 is 33.1 Å². The number of carbonyl (C=O) groups excluding carboxylic acids is 2. The first kappa shape index (κ1) is 16.9. The van der Waals surface area contributed by atoms with Crippen LogP contribution in [0, 0.1) is 0 Å². The molecule has 1 aliphatic rings. The molecule has 1 aromatic carbocycles. The van der Waals surface area contributed by atoms with Crippen molar-refractivity contribution in [2.75, 3.05) is 23.6 Å². The van der Waals surface area contributed by atoms with Gasteiger partial charge in [0.25, 0.3) is 5.91 Å². The van der Waals surface area contributed by atoms with Gasteiger partial charge in [-0.15, -0.1) is 0 Å². The molecule has 0 radical (unpaired) electrons. The fraction of sp³-hybridized carbons (Fsp3) is 0.357. The van der Waals surface area contributed by atoms with E-state index in [1.165, 1.54) is 5.01 Å². The highest BCUT2D eigenvalue weighted by molar-refractivity contribution is 7.90. The van der Waals surface area contributed by atoms with E-state index in [4.69, 9.17) is 5.73 Å². The van der Waals surface area contributed by atoms with Gasteiger partial charge in [-0.25, -0.2) is 8.42 Å². The number of hydrogen-bond donors (Lipinski definition) is 2. The molecule has 2 amide bonds. The first-order valence-electron chi connectivity index (χ1n) is 6.95. The molecule has 3 N–H and O–H groups in total. The van der Waals surface area contributed by atoms with Gasteiger partial charge in [-0.3, -0.25) is 14.6 Å². The summed E-state index contributed by atoms with van der Waals surface area (Å²) in [7, 11) is -3.16. The van der Waals surface area contributed by atoms with Gasteiger partial charge in [0.15, 0.2) is 0 Å². The number of sulfone groups is 1. The topological polar surface area (TPSA) is 122 Å². The lowest BCUT2D eigenvalue weighted by Crippen LogP contribution is -2.40. The molecule has 9 heteroatoms. The molecular formula is C14H18N4O4S. The van der Waals surface area contributed by atoms with E-state index in [1.54, 1.807) is 24.3 Å². The molecule has 1 heterocycles. The maximum atomic E-state index is 12.1. The molecule has 1 aromatic rings. The van der Waals surface area contributed by atoms with Crippen LogP contribution in [0.3, 0.4) is 0 Å². The Labute approximate surface area is 134 Å². The Balaban J connectivity index is 2.10. The van der Waals surface area contributed by atoms with E-state index in [-0.39, 0.29) is 24.4 Å². The minimum Gasteiger partial charge on any atom is -0.368 e. The number of carbonyl (C=O) groups is 2. The number of nitrogens with two attached hydrogens (primary N) is 1. The molecule has 8 nitrogen and oxygen atoms in total. The molecule has 0 fully saturated rings. The highest BCUT2D eigenvalue weighted by Gasteiger charge is 2.34. The molecule has 2 rings (SSSR count). The summed E-state index contributed by atoms with van der Waals surface area (Å²) in [6.45, 7) is -0.0107. The summed E-state index contributed by atoms with van der Waals surface area (Å²) in [6, 6.07) is 8.16. The summed E-state index contributed by atoms with van der Waals surface area (Å²) >= 11 is 0. The fourth-order valence-electron chi connectivity index (χ4n) is 2.14. The van der Waals surface area contributed by atoms with E-state index >= 15 is 0 Å². The van der Waals surface area contributed by atoms with Crippen LogP contribution in [0.1, 0.15) is 6.42 Å². The van der Waals surface area contributed by atoms with Gasteiger partial charge in [-0.2, -0.15) is 5.10 Å². The zero-order chi connectivity index (χ0) is 17.0. The molecule has 1 aliphatic heterocycles. The summed E-state index contributed by atoms with van der Waals surface area (Å²) in [6.07, 6.45) is 1.17. The van der Waals surface area contributed by atoms with Crippen molar-refractivity contribution in [3.05, 3.63) is 30.3 Å². The van der Waals surface area contributed by atoms with E-state index in [1.807, 2.05) is 6.07 Å². The van der Waals surface area contributed by atoms with Crippen LogP contribution in [0.4, 0.5) is 5.69 Å². The number of hydrazone groups is 1. The maximum absolute atomic E-state index is 12.1. The zero-order valence-corrected chi connectivity index (χ0v) is 13.4. The maximum Gasteiger partial charge on any atom is 0.267 e. The van der Waals surface area contributed by atoms with E-state index in [0.29, 0.717) is 5.69 Å². The number of hydrogen-bond acceptors (Lipinski definition) is 6. The number of nitrogens with one attached hydrogen (secondary N) is 1. The normalized spacial score (nSPS) is 17.7. The van der Waals surface area contributed by atoms with Crippen LogP contribution in [0.15, 0.2) is 35.4 Å². The predicted octanol–water partition coefficient (Wildman–Crippen LogP) is -0.733. The van der Waals surface area contributed by atoms with Gasteiger partial charge in [0.05, 0.1) is 11.4 Å². The van der Waals surface area contributed by atoms with E-state index in [2.05, 4.69) is 10.4 Å². The van der Waals surface area contributed by atoms with Crippen molar-refractivity contribution in [3.63, 3.8) is 0 Å². The lowest BCUT2D eigenvalue weighted by atomic mass is 10.1. The van der Waals surface area contributed by atoms with E-state index in [0.717, 1.165) is 6.26 Å². The van der Waals surface area contributed by atoms with Gasteiger partial charge in [0, 0.05) is 19.2 Å². The van der Waals surface area contributed by atoms with Crippen LogP contribution in [-0.2, 0) is 19.4 Å². The van der Waals surface area contributed by atoms with Gasteiger partial charge in [0.1, 0.15) is 21.6 Å². The number of amides is 2. The Kier molecular flexibility index (Phi) is 4.99. The van der Waals surface area contributed by atoms with Gasteiger partial charge in [0.2, 0.25) is 5.91 Å². The SMILES string of the molecule is CS(=O)(=O)CCNC(=O)C1=NN(c2ccccc2)[C@@H](C(N)=O)C1. The van der Waals surface area contributed by atoms with Crippen LogP contribution >= 0.6 is 0 Å². The second-order valence-electron chi connectivity index (χ2n) is 5.23.